The summed E-state index contributed by atoms with van der Waals surface area (Å²) in [4.78, 5) is 2.12. The van der Waals surface area contributed by atoms with Crippen LogP contribution in [-0.4, -0.2) is 10.5 Å². The van der Waals surface area contributed by atoms with Crippen LogP contribution >= 0.6 is 11.3 Å². The normalized spacial score (nSPS) is 12.4. The first-order valence-corrected chi connectivity index (χ1v) is 13.5. The van der Waals surface area contributed by atoms with Crippen LogP contribution in [0.25, 0.3) is 42.4 Å². The van der Waals surface area contributed by atoms with E-state index in [9.17, 15) is 4.21 Å². The van der Waals surface area contributed by atoms with Crippen molar-refractivity contribution in [2.75, 3.05) is 6.26 Å². The van der Waals surface area contributed by atoms with Gasteiger partial charge < -0.3 is 0 Å². The molecule has 160 valence electrons. The van der Waals surface area contributed by atoms with Gasteiger partial charge in [0.25, 0.3) is 0 Å². The molecule has 5 aromatic rings. The Labute approximate surface area is 196 Å². The first-order valence-electron chi connectivity index (χ1n) is 11.1. The molecule has 0 aliphatic rings. The van der Waals surface area contributed by atoms with Gasteiger partial charge in [0.05, 0.1) is 10.8 Å². The van der Waals surface area contributed by atoms with Gasteiger partial charge in [-0.1, -0.05) is 61.9 Å². The number of aryl methyl sites for hydroxylation is 1. The minimum Gasteiger partial charge on any atom is -0.255 e. The molecule has 5 rings (SSSR count). The van der Waals surface area contributed by atoms with Crippen molar-refractivity contribution in [2.45, 2.75) is 31.1 Å². The molecule has 0 spiro atoms. The summed E-state index contributed by atoms with van der Waals surface area (Å²) in [5.74, 6) is 0. The number of fused-ring (bicyclic) bond motifs is 2. The smallest absolute Gasteiger partial charge is 0.0504 e. The molecule has 1 unspecified atom stereocenters. The molecule has 1 heterocycles. The van der Waals surface area contributed by atoms with Gasteiger partial charge in [-0.25, -0.2) is 0 Å². The topological polar surface area (TPSA) is 17.1 Å². The second-order valence-electron chi connectivity index (χ2n) is 8.32. The van der Waals surface area contributed by atoms with E-state index in [2.05, 4.69) is 91.9 Å². The molecule has 0 aliphatic heterocycles. The molecule has 0 radical (unpaired) electrons. The maximum atomic E-state index is 12.5. The van der Waals surface area contributed by atoms with Crippen LogP contribution in [0.2, 0.25) is 0 Å². The fourth-order valence-corrected chi connectivity index (χ4v) is 6.21. The lowest BCUT2D eigenvalue weighted by Gasteiger charge is -2.08. The highest BCUT2D eigenvalue weighted by Crippen LogP contribution is 2.39. The molecule has 1 aromatic heterocycles. The third-order valence-electron chi connectivity index (χ3n) is 6.02. The lowest BCUT2D eigenvalue weighted by atomic mass is 10.0. The van der Waals surface area contributed by atoms with Crippen molar-refractivity contribution in [3.8, 4) is 21.6 Å². The lowest BCUT2D eigenvalue weighted by Crippen LogP contribution is -1.94. The van der Waals surface area contributed by atoms with Gasteiger partial charge in [0.15, 0.2) is 0 Å². The van der Waals surface area contributed by atoms with Crippen LogP contribution in [-0.2, 0) is 17.2 Å². The fraction of sp³-hybridized carbons (Fsp3) is 0.172. The van der Waals surface area contributed by atoms with E-state index < -0.39 is 10.8 Å². The summed E-state index contributed by atoms with van der Waals surface area (Å²) in [5.41, 5.74) is 4.92. The average Bonchev–Trinajstić information content (AvgIpc) is 3.24. The summed E-state index contributed by atoms with van der Waals surface area (Å²) >= 11 is 1.80. The van der Waals surface area contributed by atoms with Crippen molar-refractivity contribution in [3.63, 3.8) is 0 Å². The van der Waals surface area contributed by atoms with Gasteiger partial charge in [0.2, 0.25) is 0 Å². The van der Waals surface area contributed by atoms with E-state index in [0.717, 1.165) is 16.9 Å². The van der Waals surface area contributed by atoms with Crippen LogP contribution in [0.1, 0.15) is 25.3 Å². The third-order valence-corrected chi connectivity index (χ3v) is 8.13. The Hall–Kier alpha value is -2.75. The van der Waals surface area contributed by atoms with Gasteiger partial charge in [0.1, 0.15) is 0 Å². The molecule has 0 saturated heterocycles. The largest absolute Gasteiger partial charge is 0.255 e. The first kappa shape index (κ1) is 21.1. The van der Waals surface area contributed by atoms with Gasteiger partial charge >= 0.3 is 0 Å². The van der Waals surface area contributed by atoms with E-state index in [1.54, 1.807) is 17.6 Å². The zero-order chi connectivity index (χ0) is 22.1. The number of thiophene rings is 1. The summed E-state index contributed by atoms with van der Waals surface area (Å²) in [5, 5.41) is 3.75. The van der Waals surface area contributed by atoms with E-state index in [1.165, 1.54) is 55.3 Å². The van der Waals surface area contributed by atoms with E-state index in [-0.39, 0.29) is 0 Å². The monoisotopic (exact) mass is 454 g/mol. The van der Waals surface area contributed by atoms with Gasteiger partial charge in [-0.3, -0.25) is 4.21 Å². The molecule has 3 heteroatoms. The Bertz CT molecular complexity index is 1430. The molecule has 0 N–H and O–H groups in total. The molecule has 4 aromatic carbocycles. The first-order chi connectivity index (χ1) is 15.6. The predicted molar refractivity (Wildman–Crippen MR) is 141 cm³/mol. The summed E-state index contributed by atoms with van der Waals surface area (Å²) in [6.45, 7) is 2.22. The third kappa shape index (κ3) is 4.15. The van der Waals surface area contributed by atoms with Crippen molar-refractivity contribution < 1.29 is 4.21 Å². The zero-order valence-electron chi connectivity index (χ0n) is 18.4. The molecule has 1 nitrogen and oxygen atoms in total. The quantitative estimate of drug-likeness (QED) is 0.251. The highest BCUT2D eigenvalue weighted by molar-refractivity contribution is 7.84. The highest BCUT2D eigenvalue weighted by Gasteiger charge is 2.13. The molecule has 0 bridgehead atoms. The maximum Gasteiger partial charge on any atom is 0.0504 e. The number of unbranched alkanes of at least 4 members (excludes halogenated alkanes) is 1. The molecule has 0 saturated carbocycles. The highest BCUT2D eigenvalue weighted by atomic mass is 32.2. The predicted octanol–water partition coefficient (Wildman–Crippen LogP) is 8.47. The summed E-state index contributed by atoms with van der Waals surface area (Å²) in [7, 11) is -1.02. The number of hydrogen-bond donors (Lipinski definition) is 0. The minimum absolute atomic E-state index is 0.924. The number of rotatable bonds is 6. The number of hydrogen-bond acceptors (Lipinski definition) is 2. The molecule has 1 atom stereocenters. The van der Waals surface area contributed by atoms with Crippen molar-refractivity contribution in [1.82, 2.24) is 0 Å². The SMILES string of the molecule is CCCCc1ccc(S(C)=O)c(-c2cc3cc4cc(-c5ccccc5)ccc4cc3s2)c1. The second-order valence-corrected chi connectivity index (χ2v) is 10.7. The van der Waals surface area contributed by atoms with Crippen LogP contribution in [0.4, 0.5) is 0 Å². The Morgan fingerprint density at radius 3 is 2.41 bits per heavy atom. The van der Waals surface area contributed by atoms with Gasteiger partial charge in [-0.15, -0.1) is 11.3 Å². The molecular weight excluding hydrogens is 428 g/mol. The lowest BCUT2D eigenvalue weighted by molar-refractivity contribution is 0.687. The van der Waals surface area contributed by atoms with E-state index >= 15 is 0 Å². The van der Waals surface area contributed by atoms with Crippen molar-refractivity contribution in [3.05, 3.63) is 90.5 Å². The van der Waals surface area contributed by atoms with E-state index in [1.807, 2.05) is 0 Å². The second kappa shape index (κ2) is 9.01. The van der Waals surface area contributed by atoms with E-state index in [0.29, 0.717) is 0 Å². The van der Waals surface area contributed by atoms with Crippen LogP contribution in [0.3, 0.4) is 0 Å². The molecule has 0 aliphatic carbocycles. The van der Waals surface area contributed by atoms with Crippen molar-refractivity contribution in [1.29, 1.82) is 0 Å². The summed E-state index contributed by atoms with van der Waals surface area (Å²) in [6.07, 6.45) is 5.20. The number of benzene rings is 4. The minimum atomic E-state index is -1.02. The molecular formula is C29H26OS2. The summed E-state index contributed by atoms with van der Waals surface area (Å²) < 4.78 is 13.7. The van der Waals surface area contributed by atoms with Crippen LogP contribution < -0.4 is 0 Å². The summed E-state index contributed by atoms with van der Waals surface area (Å²) in [6, 6.07) is 30.5. The van der Waals surface area contributed by atoms with Gasteiger partial charge in [-0.05, 0) is 82.1 Å². The van der Waals surface area contributed by atoms with E-state index in [4.69, 9.17) is 0 Å². The van der Waals surface area contributed by atoms with Crippen molar-refractivity contribution in [2.24, 2.45) is 0 Å². The Kier molecular flexibility index (Phi) is 5.95. The Morgan fingerprint density at radius 2 is 1.62 bits per heavy atom. The van der Waals surface area contributed by atoms with Gasteiger partial charge in [0, 0.05) is 26.3 Å². The molecule has 0 amide bonds. The van der Waals surface area contributed by atoms with Crippen LogP contribution in [0, 0.1) is 0 Å². The molecule has 0 fully saturated rings. The van der Waals surface area contributed by atoms with Crippen LogP contribution in [0.5, 0.6) is 0 Å². The van der Waals surface area contributed by atoms with Crippen molar-refractivity contribution >= 4 is 43.0 Å². The Balaban J connectivity index is 1.61. The fourth-order valence-electron chi connectivity index (χ4n) is 4.28. The molecule has 32 heavy (non-hydrogen) atoms. The van der Waals surface area contributed by atoms with Gasteiger partial charge in [-0.2, -0.15) is 0 Å². The Morgan fingerprint density at radius 1 is 0.781 bits per heavy atom. The maximum absolute atomic E-state index is 12.5. The average molecular weight is 455 g/mol. The van der Waals surface area contributed by atoms with Crippen LogP contribution in [0.15, 0.2) is 89.8 Å². The standard InChI is InChI=1S/C29H26OS2/c1-3-4-8-20-11-14-29(32(2)30)26(15-20)28-19-25-17-24-16-22(21-9-6-5-7-10-21)12-13-23(24)18-27(25)31-28/h5-7,9-19H,3-4,8H2,1-2H3. The zero-order valence-corrected chi connectivity index (χ0v) is 20.1.